The molecule has 0 aromatic rings. The van der Waals surface area contributed by atoms with Crippen LogP contribution in [0.1, 0.15) is 6.42 Å². The number of esters is 1. The number of hydrogen-bond donors (Lipinski definition) is 1. The lowest BCUT2D eigenvalue weighted by Gasteiger charge is -1.90. The highest BCUT2D eigenvalue weighted by atomic mass is 32.1. The van der Waals surface area contributed by atoms with Crippen molar-refractivity contribution >= 4 is 18.6 Å². The first-order chi connectivity index (χ1) is 3.31. The molecule has 0 aliphatic rings. The van der Waals surface area contributed by atoms with Crippen LogP contribution in [0.4, 0.5) is 0 Å². The van der Waals surface area contributed by atoms with Gasteiger partial charge in [0.15, 0.2) is 0 Å². The molecule has 0 aliphatic carbocycles. The van der Waals surface area contributed by atoms with Crippen molar-refractivity contribution in [2.45, 2.75) is 6.42 Å². The van der Waals surface area contributed by atoms with E-state index in [0.717, 1.165) is 0 Å². The monoisotopic (exact) mass is 119 g/mol. The van der Waals surface area contributed by atoms with Crippen LogP contribution in [0.3, 0.4) is 0 Å². The fourth-order valence-corrected chi connectivity index (χ4v) is 0.346. The molecule has 2 nitrogen and oxygen atoms in total. The van der Waals surface area contributed by atoms with Crippen LogP contribution in [0.25, 0.3) is 0 Å². The molecule has 3 heteroatoms. The summed E-state index contributed by atoms with van der Waals surface area (Å²) in [4.78, 5) is 10.1. The largest absolute Gasteiger partial charge is 0.462 e. The molecule has 0 unspecified atom stereocenters. The van der Waals surface area contributed by atoms with Gasteiger partial charge in [-0.05, 0) is 0 Å². The van der Waals surface area contributed by atoms with E-state index in [4.69, 9.17) is 0 Å². The van der Waals surface area contributed by atoms with Gasteiger partial charge in [-0.1, -0.05) is 0 Å². The average Bonchev–Trinajstić information content (AvgIpc) is 1.68. The molecule has 0 saturated carbocycles. The molecule has 0 bridgehead atoms. The van der Waals surface area contributed by atoms with Crippen molar-refractivity contribution in [3.63, 3.8) is 0 Å². The van der Waals surface area contributed by atoms with E-state index in [1.807, 2.05) is 0 Å². The van der Waals surface area contributed by atoms with Gasteiger partial charge in [-0.15, -0.1) is 0 Å². The zero-order valence-electron chi connectivity index (χ0n) is 3.89. The van der Waals surface area contributed by atoms with E-state index in [2.05, 4.69) is 24.5 Å². The molecule has 0 amide bonds. The molecule has 0 aromatic carbocycles. The second kappa shape index (κ2) is 3.99. The normalized spacial score (nSPS) is 8.29. The standard InChI is InChI=1S/C4H7O2S/c1-6-4(5)2-3-7/h7H,1-3H2. The van der Waals surface area contributed by atoms with Gasteiger partial charge in [0.05, 0.1) is 6.42 Å². The molecule has 0 fully saturated rings. The van der Waals surface area contributed by atoms with E-state index < -0.39 is 0 Å². The zero-order valence-corrected chi connectivity index (χ0v) is 4.78. The van der Waals surface area contributed by atoms with Gasteiger partial charge in [-0.3, -0.25) is 4.79 Å². The Balaban J connectivity index is 3.00. The fraction of sp³-hybridized carbons (Fsp3) is 0.500. The Kier molecular flexibility index (Phi) is 3.89. The summed E-state index contributed by atoms with van der Waals surface area (Å²) in [5, 5.41) is 0. The highest BCUT2D eigenvalue weighted by molar-refractivity contribution is 7.80. The van der Waals surface area contributed by atoms with Crippen molar-refractivity contribution in [1.29, 1.82) is 0 Å². The van der Waals surface area contributed by atoms with Crippen LogP contribution in [0.2, 0.25) is 0 Å². The Morgan fingerprint density at radius 1 is 1.86 bits per heavy atom. The van der Waals surface area contributed by atoms with Crippen LogP contribution in [0, 0.1) is 7.11 Å². The van der Waals surface area contributed by atoms with Crippen LogP contribution in [-0.4, -0.2) is 11.7 Å². The Morgan fingerprint density at radius 3 is 2.57 bits per heavy atom. The molecule has 0 aromatic heterocycles. The minimum Gasteiger partial charge on any atom is -0.462 e. The topological polar surface area (TPSA) is 26.3 Å². The van der Waals surface area contributed by atoms with Crippen molar-refractivity contribution < 1.29 is 9.53 Å². The van der Waals surface area contributed by atoms with Crippen molar-refractivity contribution in [1.82, 2.24) is 0 Å². The number of ether oxygens (including phenoxy) is 1. The highest BCUT2D eigenvalue weighted by Gasteiger charge is 1.93. The molecular weight excluding hydrogens is 112 g/mol. The van der Waals surface area contributed by atoms with Gasteiger partial charge in [0.2, 0.25) is 0 Å². The van der Waals surface area contributed by atoms with Crippen LogP contribution in [0.15, 0.2) is 0 Å². The van der Waals surface area contributed by atoms with Gasteiger partial charge >= 0.3 is 5.97 Å². The number of carbonyl (C=O) groups excluding carboxylic acids is 1. The second-order valence-electron chi connectivity index (χ2n) is 0.990. The van der Waals surface area contributed by atoms with E-state index in [-0.39, 0.29) is 5.97 Å². The predicted molar refractivity (Wildman–Crippen MR) is 29.9 cm³/mol. The predicted octanol–water partition coefficient (Wildman–Crippen LogP) is 0.641. The lowest BCUT2D eigenvalue weighted by atomic mass is 10.5. The number of rotatable bonds is 2. The Morgan fingerprint density at radius 2 is 2.43 bits per heavy atom. The molecule has 0 spiro atoms. The van der Waals surface area contributed by atoms with Crippen molar-refractivity contribution in [2.24, 2.45) is 0 Å². The van der Waals surface area contributed by atoms with E-state index in [9.17, 15) is 4.79 Å². The van der Waals surface area contributed by atoms with Crippen LogP contribution in [-0.2, 0) is 9.53 Å². The van der Waals surface area contributed by atoms with E-state index in [0.29, 0.717) is 12.2 Å². The molecule has 0 heterocycles. The summed E-state index contributed by atoms with van der Waals surface area (Å²) in [6.07, 6.45) is 0.340. The van der Waals surface area contributed by atoms with Gasteiger partial charge in [-0.2, -0.15) is 12.6 Å². The van der Waals surface area contributed by atoms with Gasteiger partial charge in [0.1, 0.15) is 7.11 Å². The number of hydrogen-bond acceptors (Lipinski definition) is 3. The fourth-order valence-electron chi connectivity index (χ4n) is 0.163. The average molecular weight is 119 g/mol. The Hall–Kier alpha value is -0.180. The minimum atomic E-state index is -0.310. The van der Waals surface area contributed by atoms with Crippen LogP contribution in [0.5, 0.6) is 0 Å². The number of thiol groups is 1. The van der Waals surface area contributed by atoms with E-state index >= 15 is 0 Å². The molecule has 0 N–H and O–H groups in total. The summed E-state index contributed by atoms with van der Waals surface area (Å²) in [6.45, 7) is 0. The lowest BCUT2D eigenvalue weighted by Crippen LogP contribution is -1.97. The third-order valence-electron chi connectivity index (χ3n) is 0.477. The number of carbonyl (C=O) groups is 1. The first-order valence-corrected chi connectivity index (χ1v) is 2.50. The maximum atomic E-state index is 10.1. The summed E-state index contributed by atoms with van der Waals surface area (Å²) in [5.41, 5.74) is 0. The van der Waals surface area contributed by atoms with Crippen LogP contribution >= 0.6 is 12.6 Å². The van der Waals surface area contributed by atoms with Gasteiger partial charge in [-0.25, -0.2) is 0 Å². The van der Waals surface area contributed by atoms with Crippen molar-refractivity contribution in [3.05, 3.63) is 7.11 Å². The maximum Gasteiger partial charge on any atom is 0.306 e. The molecule has 7 heavy (non-hydrogen) atoms. The summed E-state index contributed by atoms with van der Waals surface area (Å²) < 4.78 is 4.05. The third-order valence-corrected chi connectivity index (χ3v) is 0.701. The summed E-state index contributed by atoms with van der Waals surface area (Å²) in [7, 11) is 2.92. The van der Waals surface area contributed by atoms with Gasteiger partial charge in [0, 0.05) is 5.75 Å². The van der Waals surface area contributed by atoms with Gasteiger partial charge < -0.3 is 4.74 Å². The van der Waals surface area contributed by atoms with E-state index in [1.165, 1.54) is 0 Å². The molecule has 1 radical (unpaired) electrons. The first-order valence-electron chi connectivity index (χ1n) is 1.87. The lowest BCUT2D eigenvalue weighted by molar-refractivity contribution is -0.137. The van der Waals surface area contributed by atoms with Crippen LogP contribution < -0.4 is 0 Å². The minimum absolute atomic E-state index is 0.310. The molecule has 41 valence electrons. The Labute approximate surface area is 48.3 Å². The molecule has 0 saturated heterocycles. The molecular formula is C4H7O2S. The molecule has 0 atom stereocenters. The van der Waals surface area contributed by atoms with Crippen molar-refractivity contribution in [3.8, 4) is 0 Å². The van der Waals surface area contributed by atoms with E-state index in [1.54, 1.807) is 0 Å². The summed E-state index contributed by atoms with van der Waals surface area (Å²) in [5.74, 6) is 0.212. The van der Waals surface area contributed by atoms with Gasteiger partial charge in [0.25, 0.3) is 0 Å². The molecule has 0 rings (SSSR count). The molecule has 0 aliphatic heterocycles. The summed E-state index contributed by atoms with van der Waals surface area (Å²) in [6, 6.07) is 0. The SMILES string of the molecule is [CH2]OC(=O)CCS. The highest BCUT2D eigenvalue weighted by Crippen LogP contribution is 1.85. The Bertz CT molecular complexity index is 62.7. The maximum absolute atomic E-state index is 10.1. The summed E-state index contributed by atoms with van der Waals surface area (Å²) >= 11 is 3.79. The first kappa shape index (κ1) is 6.82. The zero-order chi connectivity index (χ0) is 5.70. The third kappa shape index (κ3) is 3.66. The quantitative estimate of drug-likeness (QED) is 0.426. The second-order valence-corrected chi connectivity index (χ2v) is 1.44. The van der Waals surface area contributed by atoms with Crippen molar-refractivity contribution in [2.75, 3.05) is 5.75 Å². The smallest absolute Gasteiger partial charge is 0.306 e.